The second kappa shape index (κ2) is 8.35. The largest absolute Gasteiger partial charge is 0.456 e. The molecule has 162 valence electrons. The first kappa shape index (κ1) is 21.4. The quantitative estimate of drug-likeness (QED) is 0.609. The van der Waals surface area contributed by atoms with Gasteiger partial charge in [0.05, 0.1) is 18.4 Å². The summed E-state index contributed by atoms with van der Waals surface area (Å²) in [5.41, 5.74) is 1.86. The van der Waals surface area contributed by atoms with E-state index in [1.165, 1.54) is 12.3 Å². The summed E-state index contributed by atoms with van der Waals surface area (Å²) in [4.78, 5) is 25.5. The van der Waals surface area contributed by atoms with Crippen LogP contribution in [0.5, 0.6) is 11.5 Å². The smallest absolute Gasteiger partial charge is 0.223 e. The molecule has 0 fully saturated rings. The van der Waals surface area contributed by atoms with Gasteiger partial charge < -0.3 is 14.6 Å². The zero-order valence-electron chi connectivity index (χ0n) is 17.3. The fourth-order valence-electron chi connectivity index (χ4n) is 3.12. The standard InChI is InChI=1S/C21H22N4O4S2/c1-25(2)20(26)10-16-12-23-21(30-16)18-9-13-8-14(4-6-17(13)24-18)29-15-5-7-19(22-11-15)31(3,27)28/h4-9,11,16,24H,10,12H2,1-3H3. The van der Waals surface area contributed by atoms with Crippen molar-refractivity contribution in [3.8, 4) is 11.5 Å². The summed E-state index contributed by atoms with van der Waals surface area (Å²) >= 11 is 1.62. The molecular weight excluding hydrogens is 436 g/mol. The van der Waals surface area contributed by atoms with Crippen molar-refractivity contribution in [3.63, 3.8) is 0 Å². The fourth-order valence-corrected chi connectivity index (χ4v) is 4.76. The van der Waals surface area contributed by atoms with Gasteiger partial charge in [-0.25, -0.2) is 13.4 Å². The van der Waals surface area contributed by atoms with E-state index in [1.807, 2.05) is 24.3 Å². The number of nitrogens with one attached hydrogen (secondary N) is 1. The number of carbonyl (C=O) groups is 1. The normalized spacial score (nSPS) is 16.4. The Morgan fingerprint density at radius 3 is 2.68 bits per heavy atom. The van der Waals surface area contributed by atoms with Crippen molar-refractivity contribution in [2.75, 3.05) is 26.9 Å². The number of benzene rings is 1. The van der Waals surface area contributed by atoms with E-state index in [2.05, 4.69) is 15.0 Å². The first-order valence-electron chi connectivity index (χ1n) is 9.57. The number of aromatic nitrogens is 2. The van der Waals surface area contributed by atoms with Gasteiger partial charge in [0.1, 0.15) is 16.5 Å². The fraction of sp³-hybridized carbons (Fsp3) is 0.286. The molecule has 0 spiro atoms. The molecule has 1 aliphatic heterocycles. The molecular formula is C21H22N4O4S2. The lowest BCUT2D eigenvalue weighted by atomic mass is 10.2. The average Bonchev–Trinajstić information content (AvgIpc) is 3.34. The molecule has 1 aliphatic rings. The molecule has 4 rings (SSSR count). The highest BCUT2D eigenvalue weighted by Crippen LogP contribution is 2.31. The van der Waals surface area contributed by atoms with Crippen LogP contribution in [0.3, 0.4) is 0 Å². The van der Waals surface area contributed by atoms with E-state index in [9.17, 15) is 13.2 Å². The second-order valence-corrected chi connectivity index (χ2v) is 10.8. The Labute approximate surface area is 184 Å². The number of carbonyl (C=O) groups excluding carboxylic acids is 1. The zero-order valence-corrected chi connectivity index (χ0v) is 19.0. The molecule has 1 N–H and O–H groups in total. The van der Waals surface area contributed by atoms with Crippen molar-refractivity contribution in [1.82, 2.24) is 14.9 Å². The van der Waals surface area contributed by atoms with E-state index >= 15 is 0 Å². The Morgan fingerprint density at radius 2 is 2.00 bits per heavy atom. The molecule has 0 bridgehead atoms. The van der Waals surface area contributed by atoms with Crippen molar-refractivity contribution in [3.05, 3.63) is 48.3 Å². The summed E-state index contributed by atoms with van der Waals surface area (Å²) < 4.78 is 28.9. The number of hydrogen-bond acceptors (Lipinski definition) is 7. The van der Waals surface area contributed by atoms with Gasteiger partial charge in [-0.3, -0.25) is 9.79 Å². The molecule has 3 aromatic rings. The van der Waals surface area contributed by atoms with Crippen LogP contribution >= 0.6 is 11.8 Å². The van der Waals surface area contributed by atoms with Gasteiger partial charge in [0, 0.05) is 42.9 Å². The highest BCUT2D eigenvalue weighted by Gasteiger charge is 2.24. The van der Waals surface area contributed by atoms with E-state index in [0.29, 0.717) is 24.5 Å². The number of sulfone groups is 1. The topological polar surface area (TPSA) is 105 Å². The molecule has 2 aromatic heterocycles. The minimum Gasteiger partial charge on any atom is -0.456 e. The third-order valence-corrected chi connectivity index (χ3v) is 6.99. The number of aliphatic imine (C=N–C) groups is 1. The molecule has 1 unspecified atom stereocenters. The van der Waals surface area contributed by atoms with Gasteiger partial charge in [-0.1, -0.05) is 11.8 Å². The molecule has 0 radical (unpaired) electrons. The molecule has 3 heterocycles. The number of rotatable bonds is 6. The van der Waals surface area contributed by atoms with Crippen LogP contribution in [0.15, 0.2) is 52.6 Å². The second-order valence-electron chi connectivity index (χ2n) is 7.52. The van der Waals surface area contributed by atoms with E-state index in [1.54, 1.807) is 36.8 Å². The molecule has 0 saturated carbocycles. The Kier molecular flexibility index (Phi) is 5.76. The number of hydrogen-bond donors (Lipinski definition) is 1. The lowest BCUT2D eigenvalue weighted by molar-refractivity contribution is -0.128. The minimum atomic E-state index is -3.35. The van der Waals surface area contributed by atoms with Crippen LogP contribution in [-0.2, 0) is 14.6 Å². The Bertz CT molecular complexity index is 1260. The highest BCUT2D eigenvalue weighted by atomic mass is 32.2. The third-order valence-electron chi connectivity index (χ3n) is 4.77. The van der Waals surface area contributed by atoms with Crippen molar-refractivity contribution in [2.45, 2.75) is 16.7 Å². The van der Waals surface area contributed by atoms with Crippen molar-refractivity contribution >= 4 is 43.5 Å². The predicted octanol–water partition coefficient (Wildman–Crippen LogP) is 3.10. The molecule has 0 aliphatic carbocycles. The van der Waals surface area contributed by atoms with Crippen LogP contribution < -0.4 is 4.74 Å². The predicted molar refractivity (Wildman–Crippen MR) is 122 cm³/mol. The van der Waals surface area contributed by atoms with E-state index in [4.69, 9.17) is 4.74 Å². The summed E-state index contributed by atoms with van der Waals surface area (Å²) in [6.07, 6.45) is 2.97. The summed E-state index contributed by atoms with van der Waals surface area (Å²) in [5, 5.41) is 2.02. The van der Waals surface area contributed by atoms with Crippen LogP contribution in [0.2, 0.25) is 0 Å². The van der Waals surface area contributed by atoms with Crippen LogP contribution in [0.25, 0.3) is 10.9 Å². The monoisotopic (exact) mass is 458 g/mol. The van der Waals surface area contributed by atoms with Gasteiger partial charge in [-0.15, -0.1) is 0 Å². The molecule has 1 atom stereocenters. The van der Waals surface area contributed by atoms with Gasteiger partial charge in [0.15, 0.2) is 14.9 Å². The van der Waals surface area contributed by atoms with E-state index in [0.717, 1.165) is 27.9 Å². The Hall–Kier alpha value is -2.85. The van der Waals surface area contributed by atoms with Crippen molar-refractivity contribution in [1.29, 1.82) is 0 Å². The lowest BCUT2D eigenvalue weighted by Gasteiger charge is -2.12. The maximum Gasteiger partial charge on any atom is 0.223 e. The van der Waals surface area contributed by atoms with Crippen molar-refractivity contribution in [2.24, 2.45) is 4.99 Å². The molecule has 10 heteroatoms. The number of fused-ring (bicyclic) bond motifs is 1. The Balaban J connectivity index is 1.47. The number of ether oxygens (including phenoxy) is 1. The van der Waals surface area contributed by atoms with Crippen molar-refractivity contribution < 1.29 is 17.9 Å². The van der Waals surface area contributed by atoms with Gasteiger partial charge in [-0.05, 0) is 36.4 Å². The molecule has 0 saturated heterocycles. The Morgan fingerprint density at radius 1 is 1.23 bits per heavy atom. The molecule has 31 heavy (non-hydrogen) atoms. The van der Waals surface area contributed by atoms with E-state index in [-0.39, 0.29) is 16.2 Å². The molecule has 1 aromatic carbocycles. The maximum absolute atomic E-state index is 11.9. The van der Waals surface area contributed by atoms with Gasteiger partial charge in [0.25, 0.3) is 0 Å². The maximum atomic E-state index is 11.9. The molecule has 1 amide bonds. The third kappa shape index (κ3) is 4.91. The first-order chi connectivity index (χ1) is 14.7. The number of H-pyrrole nitrogens is 1. The lowest BCUT2D eigenvalue weighted by Crippen LogP contribution is -2.25. The van der Waals surface area contributed by atoms with E-state index < -0.39 is 9.84 Å². The number of aromatic amines is 1. The van der Waals surface area contributed by atoms with Crippen LogP contribution in [0.4, 0.5) is 0 Å². The zero-order chi connectivity index (χ0) is 22.2. The number of nitrogens with zero attached hydrogens (tertiary/aromatic N) is 3. The van der Waals surface area contributed by atoms with Crippen LogP contribution in [-0.4, -0.2) is 66.4 Å². The van der Waals surface area contributed by atoms with Gasteiger partial charge in [-0.2, -0.15) is 0 Å². The number of amides is 1. The van der Waals surface area contributed by atoms with Gasteiger partial charge in [0.2, 0.25) is 5.91 Å². The molecule has 8 nitrogen and oxygen atoms in total. The number of thioether (sulfide) groups is 1. The first-order valence-corrected chi connectivity index (χ1v) is 12.3. The van der Waals surface area contributed by atoms with Crippen LogP contribution in [0.1, 0.15) is 12.1 Å². The van der Waals surface area contributed by atoms with Gasteiger partial charge >= 0.3 is 0 Å². The number of pyridine rings is 1. The summed E-state index contributed by atoms with van der Waals surface area (Å²) in [6.45, 7) is 0.625. The highest BCUT2D eigenvalue weighted by molar-refractivity contribution is 8.15. The van der Waals surface area contributed by atoms with Crippen LogP contribution in [0, 0.1) is 0 Å². The summed E-state index contributed by atoms with van der Waals surface area (Å²) in [6, 6.07) is 10.6. The SMILES string of the molecule is CN(C)C(=O)CC1CN=C(c2cc3cc(Oc4ccc(S(C)(=O)=O)nc4)ccc3[nH]2)S1. The average molecular weight is 459 g/mol. The summed E-state index contributed by atoms with van der Waals surface area (Å²) in [7, 11) is 0.175. The summed E-state index contributed by atoms with van der Waals surface area (Å²) in [5.74, 6) is 1.17. The minimum absolute atomic E-state index is 0.00556.